The van der Waals surface area contributed by atoms with Gasteiger partial charge < -0.3 is 5.32 Å². The summed E-state index contributed by atoms with van der Waals surface area (Å²) in [5, 5.41) is 11.6. The van der Waals surface area contributed by atoms with Gasteiger partial charge in [-0.3, -0.25) is 5.10 Å². The van der Waals surface area contributed by atoms with Crippen LogP contribution in [-0.4, -0.2) is 25.2 Å². The molecule has 2 aromatic rings. The zero-order chi connectivity index (χ0) is 15.3. The molecule has 0 saturated heterocycles. The van der Waals surface area contributed by atoms with Gasteiger partial charge in [-0.1, -0.05) is 6.92 Å². The highest BCUT2D eigenvalue weighted by Crippen LogP contribution is 2.26. The van der Waals surface area contributed by atoms with E-state index in [0.717, 1.165) is 29.0 Å². The maximum atomic E-state index is 12.5. The standard InChI is InChI=1S/C13H20N4O2S2/c1-3-4-14-8-12-13(10(2)9-20-12)21(18,19)17-7-11-5-15-16-6-11/h5-6,9,14,17H,3-4,7-8H2,1-2H3,(H,15,16). The maximum absolute atomic E-state index is 12.5. The molecule has 0 amide bonds. The Morgan fingerprint density at radius 2 is 2.19 bits per heavy atom. The van der Waals surface area contributed by atoms with E-state index in [2.05, 4.69) is 27.2 Å². The second-order valence-corrected chi connectivity index (χ2v) is 7.45. The first-order valence-electron chi connectivity index (χ1n) is 6.79. The molecule has 0 bridgehead atoms. The van der Waals surface area contributed by atoms with E-state index in [-0.39, 0.29) is 6.54 Å². The van der Waals surface area contributed by atoms with E-state index >= 15 is 0 Å². The highest BCUT2D eigenvalue weighted by molar-refractivity contribution is 7.89. The molecule has 0 radical (unpaired) electrons. The minimum Gasteiger partial charge on any atom is -0.312 e. The summed E-state index contributed by atoms with van der Waals surface area (Å²) in [6.07, 6.45) is 4.30. The van der Waals surface area contributed by atoms with Crippen molar-refractivity contribution in [2.45, 2.75) is 38.3 Å². The number of nitrogens with zero attached hydrogens (tertiary/aromatic N) is 1. The van der Waals surface area contributed by atoms with Crippen molar-refractivity contribution >= 4 is 21.4 Å². The Balaban J connectivity index is 2.13. The molecule has 0 atom stereocenters. The van der Waals surface area contributed by atoms with Crippen LogP contribution in [0.15, 0.2) is 22.7 Å². The fourth-order valence-electron chi connectivity index (χ4n) is 1.97. The lowest BCUT2D eigenvalue weighted by molar-refractivity contribution is 0.578. The van der Waals surface area contributed by atoms with Crippen LogP contribution in [0.4, 0.5) is 0 Å². The average Bonchev–Trinajstić information content (AvgIpc) is 3.07. The van der Waals surface area contributed by atoms with Gasteiger partial charge in [0.25, 0.3) is 0 Å². The lowest BCUT2D eigenvalue weighted by atomic mass is 10.3. The molecule has 21 heavy (non-hydrogen) atoms. The highest BCUT2D eigenvalue weighted by Gasteiger charge is 2.22. The van der Waals surface area contributed by atoms with Crippen molar-refractivity contribution in [3.8, 4) is 0 Å². The van der Waals surface area contributed by atoms with Gasteiger partial charge in [0.2, 0.25) is 10.0 Å². The summed E-state index contributed by atoms with van der Waals surface area (Å²) in [5.41, 5.74) is 1.59. The normalized spacial score (nSPS) is 11.9. The molecule has 0 spiro atoms. The van der Waals surface area contributed by atoms with Crippen LogP contribution < -0.4 is 10.0 Å². The molecule has 2 heterocycles. The molecule has 2 rings (SSSR count). The van der Waals surface area contributed by atoms with Crippen LogP contribution in [0.5, 0.6) is 0 Å². The highest BCUT2D eigenvalue weighted by atomic mass is 32.2. The van der Waals surface area contributed by atoms with Gasteiger partial charge in [0, 0.05) is 29.7 Å². The predicted molar refractivity (Wildman–Crippen MR) is 83.7 cm³/mol. The van der Waals surface area contributed by atoms with Gasteiger partial charge in [-0.2, -0.15) is 5.10 Å². The lowest BCUT2D eigenvalue weighted by Gasteiger charge is -2.09. The molecule has 116 valence electrons. The maximum Gasteiger partial charge on any atom is 0.242 e. The molecule has 3 N–H and O–H groups in total. The third kappa shape index (κ3) is 4.13. The Morgan fingerprint density at radius 3 is 2.86 bits per heavy atom. The van der Waals surface area contributed by atoms with Crippen molar-refractivity contribution in [1.82, 2.24) is 20.2 Å². The van der Waals surface area contributed by atoms with Gasteiger partial charge in [-0.15, -0.1) is 11.3 Å². The van der Waals surface area contributed by atoms with Crippen molar-refractivity contribution in [3.05, 3.63) is 33.8 Å². The fraction of sp³-hybridized carbons (Fsp3) is 0.462. The number of thiophene rings is 1. The zero-order valence-corrected chi connectivity index (χ0v) is 13.8. The van der Waals surface area contributed by atoms with E-state index < -0.39 is 10.0 Å². The minimum atomic E-state index is -3.51. The fourth-order valence-corrected chi connectivity index (χ4v) is 4.77. The van der Waals surface area contributed by atoms with Crippen LogP contribution in [0.25, 0.3) is 0 Å². The number of aromatic amines is 1. The molecule has 0 saturated carbocycles. The molecule has 0 aliphatic rings. The smallest absolute Gasteiger partial charge is 0.242 e. The SMILES string of the molecule is CCCNCc1scc(C)c1S(=O)(=O)NCc1cn[nH]c1. The van der Waals surface area contributed by atoms with E-state index in [9.17, 15) is 8.42 Å². The van der Waals surface area contributed by atoms with Crippen molar-refractivity contribution in [2.24, 2.45) is 0 Å². The van der Waals surface area contributed by atoms with Gasteiger partial charge in [-0.05, 0) is 30.8 Å². The van der Waals surface area contributed by atoms with Crippen LogP contribution >= 0.6 is 11.3 Å². The first-order chi connectivity index (χ1) is 10.0. The van der Waals surface area contributed by atoms with Crippen LogP contribution in [0, 0.1) is 6.92 Å². The Kier molecular flexibility index (Phi) is 5.51. The van der Waals surface area contributed by atoms with Gasteiger partial charge in [0.05, 0.1) is 6.20 Å². The molecular weight excluding hydrogens is 308 g/mol. The number of sulfonamides is 1. The number of nitrogens with one attached hydrogen (secondary N) is 3. The quantitative estimate of drug-likeness (QED) is 0.644. The summed E-state index contributed by atoms with van der Waals surface area (Å²) < 4.78 is 27.6. The van der Waals surface area contributed by atoms with Crippen molar-refractivity contribution in [3.63, 3.8) is 0 Å². The van der Waals surface area contributed by atoms with E-state index in [1.165, 1.54) is 11.3 Å². The third-order valence-corrected chi connectivity index (χ3v) is 5.86. The molecule has 0 fully saturated rings. The number of rotatable bonds is 8. The van der Waals surface area contributed by atoms with Gasteiger partial charge >= 0.3 is 0 Å². The Labute approximate surface area is 129 Å². The van der Waals surface area contributed by atoms with Crippen molar-refractivity contribution in [1.29, 1.82) is 0 Å². The van der Waals surface area contributed by atoms with Gasteiger partial charge in [0.15, 0.2) is 0 Å². The zero-order valence-electron chi connectivity index (χ0n) is 12.1. The number of aryl methyl sites for hydroxylation is 1. The second kappa shape index (κ2) is 7.17. The molecule has 0 aliphatic heterocycles. The van der Waals surface area contributed by atoms with Crippen molar-refractivity contribution in [2.75, 3.05) is 6.54 Å². The minimum absolute atomic E-state index is 0.232. The number of H-pyrrole nitrogens is 1. The van der Waals surface area contributed by atoms with E-state index in [1.807, 2.05) is 12.3 Å². The van der Waals surface area contributed by atoms with Gasteiger partial charge in [-0.25, -0.2) is 13.1 Å². The Bertz CT molecular complexity index is 662. The molecule has 0 aromatic carbocycles. The van der Waals surface area contributed by atoms with E-state index in [4.69, 9.17) is 0 Å². The van der Waals surface area contributed by atoms with Crippen LogP contribution in [0.1, 0.15) is 29.3 Å². The molecule has 0 aliphatic carbocycles. The summed E-state index contributed by atoms with van der Waals surface area (Å²) in [6.45, 7) is 5.59. The Hall–Kier alpha value is -1.22. The largest absolute Gasteiger partial charge is 0.312 e. The van der Waals surface area contributed by atoms with Crippen LogP contribution in [-0.2, 0) is 23.1 Å². The first-order valence-corrected chi connectivity index (χ1v) is 9.16. The molecular formula is C13H20N4O2S2. The molecule has 2 aromatic heterocycles. The van der Waals surface area contributed by atoms with Crippen LogP contribution in [0.3, 0.4) is 0 Å². The summed E-state index contributed by atoms with van der Waals surface area (Å²) in [6, 6.07) is 0. The topological polar surface area (TPSA) is 86.9 Å². The summed E-state index contributed by atoms with van der Waals surface area (Å²) >= 11 is 1.48. The van der Waals surface area contributed by atoms with Gasteiger partial charge in [0.1, 0.15) is 4.90 Å². The number of aromatic nitrogens is 2. The van der Waals surface area contributed by atoms with E-state index in [1.54, 1.807) is 12.4 Å². The monoisotopic (exact) mass is 328 g/mol. The molecule has 8 heteroatoms. The number of hydrogen-bond acceptors (Lipinski definition) is 5. The second-order valence-electron chi connectivity index (χ2n) is 4.78. The summed E-state index contributed by atoms with van der Waals surface area (Å²) in [7, 11) is -3.51. The first kappa shape index (κ1) is 16.2. The van der Waals surface area contributed by atoms with Crippen molar-refractivity contribution < 1.29 is 8.42 Å². The molecule has 6 nitrogen and oxygen atoms in total. The lowest BCUT2D eigenvalue weighted by Crippen LogP contribution is -2.25. The predicted octanol–water partition coefficient (Wildman–Crippen LogP) is 1.76. The van der Waals surface area contributed by atoms with E-state index in [0.29, 0.717) is 11.4 Å². The average molecular weight is 328 g/mol. The Morgan fingerprint density at radius 1 is 1.38 bits per heavy atom. The third-order valence-electron chi connectivity index (χ3n) is 2.99. The molecule has 0 unspecified atom stereocenters. The summed E-state index contributed by atoms with van der Waals surface area (Å²) in [5.74, 6) is 0. The summed E-state index contributed by atoms with van der Waals surface area (Å²) in [4.78, 5) is 1.25. The number of hydrogen-bond donors (Lipinski definition) is 3. The van der Waals surface area contributed by atoms with Crippen LogP contribution in [0.2, 0.25) is 0 Å².